The van der Waals surface area contributed by atoms with E-state index in [0.717, 1.165) is 18.5 Å². The third-order valence-corrected chi connectivity index (χ3v) is 3.51. The van der Waals surface area contributed by atoms with Gasteiger partial charge in [-0.15, -0.1) is 0 Å². The van der Waals surface area contributed by atoms with Crippen LogP contribution in [0.1, 0.15) is 25.5 Å². The minimum atomic E-state index is -0.325. The molecule has 4 nitrogen and oxygen atoms in total. The molecule has 1 saturated carbocycles. The first-order valence-corrected chi connectivity index (χ1v) is 6.04. The largest absolute Gasteiger partial charge is 0.350 e. The standard InChI is InChI=1S/C13H19N3O/c1-10-6-13(7-10,9-14)12(17)16-8-11-4-2-3-5-15-11/h2-5,10H,6-9,14H2,1H3,(H,16,17). The molecule has 3 N–H and O–H groups in total. The summed E-state index contributed by atoms with van der Waals surface area (Å²) in [7, 11) is 0. The molecule has 1 aromatic heterocycles. The highest BCUT2D eigenvalue weighted by Crippen LogP contribution is 2.44. The summed E-state index contributed by atoms with van der Waals surface area (Å²) >= 11 is 0. The molecule has 0 atom stereocenters. The minimum Gasteiger partial charge on any atom is -0.350 e. The molecule has 1 aromatic rings. The maximum absolute atomic E-state index is 12.1. The van der Waals surface area contributed by atoms with Gasteiger partial charge in [-0.3, -0.25) is 9.78 Å². The smallest absolute Gasteiger partial charge is 0.227 e. The lowest BCUT2D eigenvalue weighted by molar-refractivity contribution is -0.138. The van der Waals surface area contributed by atoms with Crippen LogP contribution in [0.5, 0.6) is 0 Å². The van der Waals surface area contributed by atoms with Gasteiger partial charge in [0, 0.05) is 12.7 Å². The molecule has 17 heavy (non-hydrogen) atoms. The predicted octanol–water partition coefficient (Wildman–Crippen LogP) is 1.07. The third kappa shape index (κ3) is 2.47. The van der Waals surface area contributed by atoms with Gasteiger partial charge in [0.25, 0.3) is 0 Å². The normalized spacial score (nSPS) is 27.3. The monoisotopic (exact) mass is 233 g/mol. The molecular weight excluding hydrogens is 214 g/mol. The van der Waals surface area contributed by atoms with E-state index in [9.17, 15) is 4.79 Å². The Bertz CT molecular complexity index is 385. The number of rotatable bonds is 4. The molecule has 0 spiro atoms. The van der Waals surface area contributed by atoms with Gasteiger partial charge in [-0.05, 0) is 30.9 Å². The Morgan fingerprint density at radius 2 is 2.35 bits per heavy atom. The van der Waals surface area contributed by atoms with Gasteiger partial charge in [-0.1, -0.05) is 13.0 Å². The summed E-state index contributed by atoms with van der Waals surface area (Å²) < 4.78 is 0. The Kier molecular flexibility index (Phi) is 3.43. The van der Waals surface area contributed by atoms with E-state index in [4.69, 9.17) is 5.73 Å². The second-order valence-electron chi connectivity index (χ2n) is 5.00. The van der Waals surface area contributed by atoms with E-state index < -0.39 is 0 Å². The van der Waals surface area contributed by atoms with Crippen LogP contribution in [0.3, 0.4) is 0 Å². The fraction of sp³-hybridized carbons (Fsp3) is 0.538. The number of aromatic nitrogens is 1. The molecule has 1 aliphatic rings. The molecule has 92 valence electrons. The maximum atomic E-state index is 12.1. The molecule has 1 heterocycles. The highest BCUT2D eigenvalue weighted by atomic mass is 16.2. The van der Waals surface area contributed by atoms with Gasteiger partial charge in [0.2, 0.25) is 5.91 Å². The van der Waals surface area contributed by atoms with Crippen LogP contribution >= 0.6 is 0 Å². The van der Waals surface area contributed by atoms with E-state index in [1.54, 1.807) is 6.20 Å². The number of nitrogens with one attached hydrogen (secondary N) is 1. The first kappa shape index (κ1) is 12.0. The zero-order valence-corrected chi connectivity index (χ0v) is 10.1. The highest BCUT2D eigenvalue weighted by Gasteiger charge is 2.46. The molecule has 0 saturated heterocycles. The fourth-order valence-corrected chi connectivity index (χ4v) is 2.58. The fourth-order valence-electron chi connectivity index (χ4n) is 2.58. The van der Waals surface area contributed by atoms with E-state index in [1.807, 2.05) is 18.2 Å². The Balaban J connectivity index is 1.89. The number of amides is 1. The predicted molar refractivity (Wildman–Crippen MR) is 66.0 cm³/mol. The molecule has 4 heteroatoms. The minimum absolute atomic E-state index is 0.0729. The summed E-state index contributed by atoms with van der Waals surface area (Å²) in [5, 5.41) is 2.93. The van der Waals surface area contributed by atoms with Crippen molar-refractivity contribution in [3.05, 3.63) is 30.1 Å². The van der Waals surface area contributed by atoms with Gasteiger partial charge in [0.15, 0.2) is 0 Å². The van der Waals surface area contributed by atoms with Crippen LogP contribution in [0.4, 0.5) is 0 Å². The van der Waals surface area contributed by atoms with Gasteiger partial charge >= 0.3 is 0 Å². The average molecular weight is 233 g/mol. The number of carbonyl (C=O) groups is 1. The lowest BCUT2D eigenvalue weighted by Crippen LogP contribution is -2.53. The number of nitrogens with zero attached hydrogens (tertiary/aromatic N) is 1. The molecule has 1 aliphatic carbocycles. The molecule has 0 unspecified atom stereocenters. The summed E-state index contributed by atoms with van der Waals surface area (Å²) in [6.07, 6.45) is 3.53. The van der Waals surface area contributed by atoms with Crippen molar-refractivity contribution < 1.29 is 4.79 Å². The van der Waals surface area contributed by atoms with E-state index in [1.165, 1.54) is 0 Å². The zero-order valence-electron chi connectivity index (χ0n) is 10.1. The second kappa shape index (κ2) is 4.84. The van der Waals surface area contributed by atoms with Crippen molar-refractivity contribution in [1.29, 1.82) is 0 Å². The molecule has 2 rings (SSSR count). The lowest BCUT2D eigenvalue weighted by atomic mass is 9.62. The van der Waals surface area contributed by atoms with Crippen molar-refractivity contribution in [1.82, 2.24) is 10.3 Å². The summed E-state index contributed by atoms with van der Waals surface area (Å²) in [4.78, 5) is 16.2. The van der Waals surface area contributed by atoms with Crippen molar-refractivity contribution in [2.75, 3.05) is 6.54 Å². The number of hydrogen-bond acceptors (Lipinski definition) is 3. The first-order chi connectivity index (χ1) is 8.16. The van der Waals surface area contributed by atoms with Crippen LogP contribution in [0.2, 0.25) is 0 Å². The Morgan fingerprint density at radius 3 is 2.88 bits per heavy atom. The van der Waals surface area contributed by atoms with Crippen LogP contribution < -0.4 is 11.1 Å². The molecule has 0 aromatic carbocycles. The van der Waals surface area contributed by atoms with E-state index in [0.29, 0.717) is 19.0 Å². The van der Waals surface area contributed by atoms with Gasteiger partial charge in [0.05, 0.1) is 17.7 Å². The molecular formula is C13H19N3O. The number of nitrogens with two attached hydrogens (primary N) is 1. The number of hydrogen-bond donors (Lipinski definition) is 2. The third-order valence-electron chi connectivity index (χ3n) is 3.51. The summed E-state index contributed by atoms with van der Waals surface area (Å²) in [6.45, 7) is 3.07. The van der Waals surface area contributed by atoms with Crippen LogP contribution in [-0.4, -0.2) is 17.4 Å². The highest BCUT2D eigenvalue weighted by molar-refractivity contribution is 5.83. The molecule has 1 fully saturated rings. The molecule has 0 aliphatic heterocycles. The zero-order chi connectivity index (χ0) is 12.3. The van der Waals surface area contributed by atoms with Crippen LogP contribution in [0, 0.1) is 11.3 Å². The maximum Gasteiger partial charge on any atom is 0.227 e. The van der Waals surface area contributed by atoms with Crippen LogP contribution in [-0.2, 0) is 11.3 Å². The average Bonchev–Trinajstić information content (AvgIpc) is 2.33. The number of carbonyl (C=O) groups excluding carboxylic acids is 1. The second-order valence-corrected chi connectivity index (χ2v) is 5.00. The van der Waals surface area contributed by atoms with Gasteiger partial charge < -0.3 is 11.1 Å². The van der Waals surface area contributed by atoms with Crippen molar-refractivity contribution in [3.63, 3.8) is 0 Å². The molecule has 1 amide bonds. The van der Waals surface area contributed by atoms with Crippen LogP contribution in [0.25, 0.3) is 0 Å². The van der Waals surface area contributed by atoms with Crippen molar-refractivity contribution in [3.8, 4) is 0 Å². The van der Waals surface area contributed by atoms with E-state index in [2.05, 4.69) is 17.2 Å². The first-order valence-electron chi connectivity index (χ1n) is 6.04. The van der Waals surface area contributed by atoms with Gasteiger partial charge in [-0.25, -0.2) is 0 Å². The van der Waals surface area contributed by atoms with E-state index >= 15 is 0 Å². The molecule has 0 radical (unpaired) electrons. The van der Waals surface area contributed by atoms with Gasteiger partial charge in [-0.2, -0.15) is 0 Å². The van der Waals surface area contributed by atoms with Crippen molar-refractivity contribution >= 4 is 5.91 Å². The quantitative estimate of drug-likeness (QED) is 0.817. The van der Waals surface area contributed by atoms with E-state index in [-0.39, 0.29) is 11.3 Å². The SMILES string of the molecule is CC1CC(CN)(C(=O)NCc2ccccn2)C1. The van der Waals surface area contributed by atoms with Crippen molar-refractivity contribution in [2.24, 2.45) is 17.1 Å². The summed E-state index contributed by atoms with van der Waals surface area (Å²) in [6, 6.07) is 5.68. The topological polar surface area (TPSA) is 68.0 Å². The van der Waals surface area contributed by atoms with Crippen LogP contribution in [0.15, 0.2) is 24.4 Å². The molecule has 0 bridgehead atoms. The lowest BCUT2D eigenvalue weighted by Gasteiger charge is -2.44. The Labute approximate surface area is 102 Å². The summed E-state index contributed by atoms with van der Waals surface area (Å²) in [5.41, 5.74) is 6.27. The van der Waals surface area contributed by atoms with Gasteiger partial charge in [0.1, 0.15) is 0 Å². The van der Waals surface area contributed by atoms with Crippen molar-refractivity contribution in [2.45, 2.75) is 26.3 Å². The Morgan fingerprint density at radius 1 is 1.59 bits per heavy atom. The number of pyridine rings is 1. The Hall–Kier alpha value is -1.42. The summed E-state index contributed by atoms with van der Waals surface area (Å²) in [5.74, 6) is 0.683.